The number of fused-ring (bicyclic) bond motifs is 1. The Labute approximate surface area is 343 Å². The molecule has 0 bridgehead atoms. The van der Waals surface area contributed by atoms with Gasteiger partial charge in [-0.2, -0.15) is 5.26 Å². The first kappa shape index (κ1) is 39.4. The summed E-state index contributed by atoms with van der Waals surface area (Å²) in [4.78, 5) is 71.7. The van der Waals surface area contributed by atoms with Gasteiger partial charge in [-0.1, -0.05) is 39.3 Å². The molecule has 14 heteroatoms. The van der Waals surface area contributed by atoms with Crippen molar-refractivity contribution in [2.75, 3.05) is 55.6 Å². The summed E-state index contributed by atoms with van der Waals surface area (Å²) in [6.07, 6.45) is 1.77. The fourth-order valence-electron chi connectivity index (χ4n) is 10.0. The Kier molecular flexibility index (Phi) is 10.2. The third-order valence-electron chi connectivity index (χ3n) is 13.0. The Bertz CT molecular complexity index is 2200. The number of rotatable bonds is 9. The molecule has 0 spiro atoms. The summed E-state index contributed by atoms with van der Waals surface area (Å²) in [5.74, 6) is -1.11. The van der Waals surface area contributed by atoms with Gasteiger partial charge in [-0.3, -0.25) is 39.1 Å². The number of carbonyl (C=O) groups is 5. The van der Waals surface area contributed by atoms with Crippen LogP contribution in [-0.4, -0.2) is 103 Å². The smallest absolute Gasteiger partial charge is 0.262 e. The summed E-state index contributed by atoms with van der Waals surface area (Å²) < 4.78 is 6.38. The molecule has 0 aromatic heterocycles. The number of hydrogen-bond acceptors (Lipinski definition) is 10. The first-order valence-corrected chi connectivity index (χ1v) is 20.4. The third-order valence-corrected chi connectivity index (χ3v) is 13.3. The molecule has 13 nitrogen and oxygen atoms in total. The average molecular weight is 806 g/mol. The van der Waals surface area contributed by atoms with Gasteiger partial charge >= 0.3 is 0 Å². The fraction of sp³-hybridized carbons (Fsp3) is 0.455. The number of piperidine rings is 1. The van der Waals surface area contributed by atoms with Crippen LogP contribution in [-0.2, 0) is 9.59 Å². The zero-order valence-electron chi connectivity index (χ0n) is 33.2. The van der Waals surface area contributed by atoms with Crippen LogP contribution in [0, 0.1) is 28.1 Å². The van der Waals surface area contributed by atoms with Crippen molar-refractivity contribution in [2.45, 2.75) is 65.1 Å². The second-order valence-corrected chi connectivity index (χ2v) is 17.8. The summed E-state index contributed by atoms with van der Waals surface area (Å²) in [5.41, 5.74) is 2.83. The maximum Gasteiger partial charge on any atom is 0.262 e. The van der Waals surface area contributed by atoms with Gasteiger partial charge in [0.15, 0.2) is 0 Å². The van der Waals surface area contributed by atoms with E-state index in [0.29, 0.717) is 27.8 Å². The Balaban J connectivity index is 0.791. The highest BCUT2D eigenvalue weighted by molar-refractivity contribution is 6.31. The van der Waals surface area contributed by atoms with Gasteiger partial charge in [-0.05, 0) is 73.4 Å². The van der Waals surface area contributed by atoms with Crippen LogP contribution in [0.5, 0.6) is 5.75 Å². The predicted molar refractivity (Wildman–Crippen MR) is 218 cm³/mol. The number of amides is 5. The molecule has 2 N–H and O–H groups in total. The number of nitriles is 1. The van der Waals surface area contributed by atoms with Crippen molar-refractivity contribution < 1.29 is 28.7 Å². The van der Waals surface area contributed by atoms with E-state index in [1.807, 2.05) is 30.3 Å². The second kappa shape index (κ2) is 15.1. The molecule has 4 fully saturated rings. The summed E-state index contributed by atoms with van der Waals surface area (Å²) in [6, 6.07) is 19.1. The Morgan fingerprint density at radius 2 is 1.48 bits per heavy atom. The van der Waals surface area contributed by atoms with Crippen LogP contribution in [0.3, 0.4) is 0 Å². The van der Waals surface area contributed by atoms with Crippen molar-refractivity contribution in [1.29, 1.82) is 5.26 Å². The minimum Gasteiger partial charge on any atom is -0.489 e. The van der Waals surface area contributed by atoms with E-state index in [2.05, 4.69) is 59.1 Å². The van der Waals surface area contributed by atoms with Gasteiger partial charge in [0, 0.05) is 85.7 Å². The van der Waals surface area contributed by atoms with Gasteiger partial charge in [0.1, 0.15) is 24.0 Å². The molecule has 0 unspecified atom stereocenters. The molecule has 4 aliphatic heterocycles. The standard InChI is InChI=1S/C44H48ClN7O6/c1-43(2)41(44(3,4)42(43)58-31-11-7-28(24-46)34(45)22-31)48-37(54)27-5-8-29(9-6-27)50-15-13-26(14-16-50)25-49-17-19-51(20-18-49)30-10-12-32-33(21-30)40(57)52(39(32)56)35-23-36(53)47-38(35)55/h5-12,21-22,26,35,41-42H,13-20,23,25H2,1-4H3,(H,48,54)(H,47,53,55)/t35-,41-,42-/m1/s1. The molecule has 1 saturated carbocycles. The molecular weight excluding hydrogens is 758 g/mol. The topological polar surface area (TPSA) is 155 Å². The van der Waals surface area contributed by atoms with Crippen molar-refractivity contribution in [1.82, 2.24) is 20.4 Å². The zero-order valence-corrected chi connectivity index (χ0v) is 34.0. The van der Waals surface area contributed by atoms with Crippen molar-refractivity contribution >= 4 is 52.5 Å². The number of halogens is 1. The molecule has 58 heavy (non-hydrogen) atoms. The number of hydrogen-bond donors (Lipinski definition) is 2. The third kappa shape index (κ3) is 7.06. The Morgan fingerprint density at radius 3 is 2.10 bits per heavy atom. The van der Waals surface area contributed by atoms with E-state index < -0.39 is 29.7 Å². The normalized spacial score (nSPS) is 24.3. The summed E-state index contributed by atoms with van der Waals surface area (Å²) >= 11 is 6.25. The number of piperazine rings is 1. The van der Waals surface area contributed by atoms with Crippen LogP contribution in [0.25, 0.3) is 0 Å². The van der Waals surface area contributed by atoms with E-state index in [-0.39, 0.29) is 46.4 Å². The second-order valence-electron chi connectivity index (χ2n) is 17.4. The first-order valence-electron chi connectivity index (χ1n) is 20.0. The fourth-order valence-corrected chi connectivity index (χ4v) is 10.2. The molecule has 3 aromatic carbocycles. The molecule has 5 aliphatic rings. The van der Waals surface area contributed by atoms with E-state index >= 15 is 0 Å². The highest BCUT2D eigenvalue weighted by Gasteiger charge is 2.64. The number of nitrogens with one attached hydrogen (secondary N) is 2. The van der Waals surface area contributed by atoms with E-state index in [0.717, 1.165) is 74.9 Å². The van der Waals surface area contributed by atoms with E-state index in [1.165, 1.54) is 0 Å². The SMILES string of the molecule is CC1(C)[C@H](NC(=O)c2ccc(N3CCC(CN4CCN(c5ccc6c(c5)C(=O)N([C@@H]5CC(=O)NC5=O)C6=O)CC4)CC3)cc2)C(C)(C)[C@H]1Oc1ccc(C#N)c(Cl)c1. The molecular formula is C44H48ClN7O6. The first-order chi connectivity index (χ1) is 27.6. The minimum atomic E-state index is -1.10. The van der Waals surface area contributed by atoms with Crippen molar-refractivity contribution in [3.05, 3.63) is 87.9 Å². The largest absolute Gasteiger partial charge is 0.489 e. The highest BCUT2D eigenvalue weighted by Crippen LogP contribution is 2.55. The maximum absolute atomic E-state index is 13.5. The number of imide groups is 2. The van der Waals surface area contributed by atoms with E-state index in [4.69, 9.17) is 16.3 Å². The lowest BCUT2D eigenvalue weighted by Gasteiger charge is -2.63. The number of carbonyl (C=O) groups excluding carboxylic acids is 5. The lowest BCUT2D eigenvalue weighted by molar-refractivity contribution is -0.164. The van der Waals surface area contributed by atoms with Crippen LogP contribution in [0.2, 0.25) is 5.02 Å². The highest BCUT2D eigenvalue weighted by atomic mass is 35.5. The molecule has 0 radical (unpaired) electrons. The number of nitrogens with zero attached hydrogens (tertiary/aromatic N) is 5. The molecule has 1 atom stereocenters. The molecule has 3 aromatic rings. The number of benzene rings is 3. The molecule has 4 heterocycles. The molecule has 5 amide bonds. The van der Waals surface area contributed by atoms with Gasteiger partial charge in [0.2, 0.25) is 11.8 Å². The van der Waals surface area contributed by atoms with Gasteiger partial charge in [0.25, 0.3) is 17.7 Å². The number of ether oxygens (including phenoxy) is 1. The molecule has 3 saturated heterocycles. The predicted octanol–water partition coefficient (Wildman–Crippen LogP) is 4.87. The Morgan fingerprint density at radius 1 is 0.845 bits per heavy atom. The van der Waals surface area contributed by atoms with Gasteiger partial charge in [-0.15, -0.1) is 0 Å². The Hall–Kier alpha value is -5.45. The van der Waals surface area contributed by atoms with Crippen LogP contribution in [0.4, 0.5) is 11.4 Å². The van der Waals surface area contributed by atoms with Crippen LogP contribution in [0.15, 0.2) is 60.7 Å². The zero-order chi connectivity index (χ0) is 41.1. The lowest BCUT2D eigenvalue weighted by atomic mass is 9.49. The van der Waals surface area contributed by atoms with Crippen molar-refractivity contribution in [3.8, 4) is 11.8 Å². The monoisotopic (exact) mass is 805 g/mol. The summed E-state index contributed by atoms with van der Waals surface area (Å²) in [6.45, 7) is 14.7. The quantitative estimate of drug-likeness (QED) is 0.286. The lowest BCUT2D eigenvalue weighted by Crippen LogP contribution is -2.74. The van der Waals surface area contributed by atoms with E-state index in [9.17, 15) is 29.2 Å². The van der Waals surface area contributed by atoms with Crippen LogP contribution in [0.1, 0.15) is 83.6 Å². The van der Waals surface area contributed by atoms with Crippen molar-refractivity contribution in [2.24, 2.45) is 16.7 Å². The molecule has 1 aliphatic carbocycles. The summed E-state index contributed by atoms with van der Waals surface area (Å²) in [7, 11) is 0. The van der Waals surface area contributed by atoms with Gasteiger partial charge in [0.05, 0.1) is 28.1 Å². The maximum atomic E-state index is 13.5. The average Bonchev–Trinajstić information content (AvgIpc) is 3.67. The molecule has 302 valence electrons. The van der Waals surface area contributed by atoms with Gasteiger partial charge < -0.3 is 19.9 Å². The molecule has 8 rings (SSSR count). The van der Waals surface area contributed by atoms with Gasteiger partial charge in [-0.25, -0.2) is 0 Å². The van der Waals surface area contributed by atoms with E-state index in [1.54, 1.807) is 30.3 Å². The van der Waals surface area contributed by atoms with Crippen LogP contribution >= 0.6 is 11.6 Å². The summed E-state index contributed by atoms with van der Waals surface area (Å²) in [5, 5.41) is 15.0. The number of anilines is 2. The minimum absolute atomic E-state index is 0.115. The van der Waals surface area contributed by atoms with Crippen molar-refractivity contribution in [3.63, 3.8) is 0 Å². The van der Waals surface area contributed by atoms with Crippen LogP contribution < -0.4 is 25.2 Å².